The van der Waals surface area contributed by atoms with Gasteiger partial charge in [-0.2, -0.15) is 16.8 Å². The van der Waals surface area contributed by atoms with Crippen molar-refractivity contribution in [2.24, 2.45) is 0 Å². The van der Waals surface area contributed by atoms with Gasteiger partial charge in [-0.05, 0) is 72.8 Å². The van der Waals surface area contributed by atoms with Crippen LogP contribution in [0.15, 0.2) is 82.6 Å². The van der Waals surface area contributed by atoms with Gasteiger partial charge in [0.2, 0.25) is 0 Å². The van der Waals surface area contributed by atoms with Gasteiger partial charge in [0.1, 0.15) is 0 Å². The van der Waals surface area contributed by atoms with Gasteiger partial charge < -0.3 is 10.6 Å². The molecule has 0 aliphatic rings. The fourth-order valence-corrected chi connectivity index (χ4v) is 3.56. The second-order valence-electron chi connectivity index (χ2n) is 6.48. The normalized spacial score (nSPS) is 10.9. The van der Waals surface area contributed by atoms with Crippen molar-refractivity contribution in [3.8, 4) is 0 Å². The smallest absolute Gasteiger partial charge is 0.294 e. The zero-order chi connectivity index (χ0) is 23.5. The molecule has 0 saturated heterocycles. The third kappa shape index (κ3) is 8.27. The number of hydrogen-bond donors (Lipinski definition) is 4. The molecule has 0 aromatic heterocycles. The molecule has 0 spiro atoms. The van der Waals surface area contributed by atoms with Gasteiger partial charge in [-0.1, -0.05) is 0 Å². The Labute approximate surface area is 240 Å². The molecule has 0 aliphatic heterocycles. The summed E-state index contributed by atoms with van der Waals surface area (Å²) in [5.41, 5.74) is 1.07. The molecule has 0 bridgehead atoms. The fraction of sp³-hybridized carbons (Fsp3) is 0. The minimum Gasteiger partial charge on any atom is -0.322 e. The van der Waals surface area contributed by atoms with Crippen molar-refractivity contribution < 1.29 is 35.5 Å². The van der Waals surface area contributed by atoms with Crippen molar-refractivity contribution in [1.82, 2.24) is 0 Å². The van der Waals surface area contributed by atoms with Crippen LogP contribution in [0.4, 0.5) is 11.4 Å². The van der Waals surface area contributed by atoms with Gasteiger partial charge in [0, 0.05) is 81.6 Å². The van der Waals surface area contributed by atoms with Gasteiger partial charge in [0.05, 0.1) is 9.79 Å². The maximum absolute atomic E-state index is 12.3. The van der Waals surface area contributed by atoms with E-state index >= 15 is 0 Å². The van der Waals surface area contributed by atoms with E-state index in [0.717, 1.165) is 24.3 Å². The first-order valence-electron chi connectivity index (χ1n) is 8.81. The maximum Gasteiger partial charge on any atom is 0.294 e. The topological polar surface area (TPSA) is 167 Å². The molecule has 34 heavy (non-hydrogen) atoms. The molecule has 2 amide bonds. The van der Waals surface area contributed by atoms with E-state index in [1.807, 2.05) is 0 Å². The van der Waals surface area contributed by atoms with Crippen molar-refractivity contribution in [3.05, 3.63) is 83.9 Å². The summed E-state index contributed by atoms with van der Waals surface area (Å²) in [5.74, 6) is -1.00. The molecule has 3 aromatic carbocycles. The maximum atomic E-state index is 12.3. The van der Waals surface area contributed by atoms with Gasteiger partial charge in [-0.15, -0.1) is 0 Å². The Balaban J connectivity index is 0.00000289. The third-order valence-electron chi connectivity index (χ3n) is 4.23. The second kappa shape index (κ2) is 12.4. The summed E-state index contributed by atoms with van der Waals surface area (Å²) in [6.45, 7) is 0. The predicted molar refractivity (Wildman–Crippen MR) is 126 cm³/mol. The van der Waals surface area contributed by atoms with Crippen LogP contribution >= 0.6 is 0 Å². The van der Waals surface area contributed by atoms with Gasteiger partial charge in [0.15, 0.2) is 0 Å². The molecule has 10 nitrogen and oxygen atoms in total. The molecule has 14 heteroatoms. The summed E-state index contributed by atoms with van der Waals surface area (Å²) in [7, 11) is -8.67. The van der Waals surface area contributed by atoms with E-state index in [9.17, 15) is 26.4 Å². The van der Waals surface area contributed by atoms with Gasteiger partial charge in [0.25, 0.3) is 32.1 Å². The number of rotatable bonds is 6. The molecule has 3 rings (SSSR count). The SMILES string of the molecule is O=C(Nc1ccc(S(=O)(=O)O)cc1)c1ccc(C(=O)Nc2ccc(S(=O)(=O)O)cc2)cc1.[Na].[Na]. The van der Waals surface area contributed by atoms with Crippen LogP contribution in [-0.4, -0.2) is 96.9 Å². The molecule has 0 unspecified atom stereocenters. The Hall–Kier alpha value is -1.58. The Kier molecular flexibility index (Phi) is 11.1. The second-order valence-corrected chi connectivity index (χ2v) is 9.33. The number of amides is 2. The van der Waals surface area contributed by atoms with Crippen molar-refractivity contribution in [1.29, 1.82) is 0 Å². The van der Waals surface area contributed by atoms with Crippen LogP contribution in [0.3, 0.4) is 0 Å². The third-order valence-corrected chi connectivity index (χ3v) is 5.97. The Morgan fingerprint density at radius 3 is 1.03 bits per heavy atom. The molecule has 4 N–H and O–H groups in total. The van der Waals surface area contributed by atoms with Crippen LogP contribution in [0.2, 0.25) is 0 Å². The summed E-state index contributed by atoms with van der Waals surface area (Å²) in [6.07, 6.45) is 0. The molecule has 0 saturated carbocycles. The van der Waals surface area contributed by atoms with Crippen molar-refractivity contribution in [3.63, 3.8) is 0 Å². The minimum absolute atomic E-state index is 0. The van der Waals surface area contributed by atoms with E-state index in [2.05, 4.69) is 10.6 Å². The summed E-state index contributed by atoms with van der Waals surface area (Å²) in [4.78, 5) is 24.1. The zero-order valence-corrected chi connectivity index (χ0v) is 23.7. The van der Waals surface area contributed by atoms with Crippen LogP contribution in [0.25, 0.3) is 0 Å². The average Bonchev–Trinajstić information content (AvgIpc) is 2.73. The summed E-state index contributed by atoms with van der Waals surface area (Å²) >= 11 is 0. The summed E-state index contributed by atoms with van der Waals surface area (Å²) in [6, 6.07) is 15.5. The number of hydrogen-bond acceptors (Lipinski definition) is 6. The van der Waals surface area contributed by atoms with Gasteiger partial charge >= 0.3 is 0 Å². The minimum atomic E-state index is -4.33. The largest absolute Gasteiger partial charge is 0.322 e. The van der Waals surface area contributed by atoms with E-state index in [0.29, 0.717) is 11.4 Å². The number of nitrogens with one attached hydrogen (secondary N) is 2. The summed E-state index contributed by atoms with van der Waals surface area (Å²) in [5, 5.41) is 5.11. The van der Waals surface area contributed by atoms with Crippen LogP contribution in [0.1, 0.15) is 20.7 Å². The van der Waals surface area contributed by atoms with Gasteiger partial charge in [-0.3, -0.25) is 18.7 Å². The Morgan fingerprint density at radius 2 is 0.794 bits per heavy atom. The van der Waals surface area contributed by atoms with Gasteiger partial charge in [-0.25, -0.2) is 0 Å². The first-order valence-corrected chi connectivity index (χ1v) is 11.7. The molecule has 2 radical (unpaired) electrons. The number of carbonyl (C=O) groups is 2. The predicted octanol–water partition coefficient (Wildman–Crippen LogP) is 1.92. The van der Waals surface area contributed by atoms with E-state index in [1.54, 1.807) is 0 Å². The monoisotopic (exact) mass is 522 g/mol. The fourth-order valence-electron chi connectivity index (χ4n) is 2.60. The Bertz CT molecular complexity index is 1270. The molecule has 0 atom stereocenters. The van der Waals surface area contributed by atoms with E-state index in [1.165, 1.54) is 48.5 Å². The first kappa shape index (κ1) is 30.5. The summed E-state index contributed by atoms with van der Waals surface area (Å²) < 4.78 is 62.1. The quantitative estimate of drug-likeness (QED) is 0.281. The number of carbonyl (C=O) groups excluding carboxylic acids is 2. The standard InChI is InChI=1S/C20H16N2O8S2.2Na/c23-19(21-15-5-9-17(10-6-15)31(25,26)27)13-1-2-14(4-3-13)20(24)22-16-7-11-18(12-8-16)32(28,29)30;;/h1-12H,(H,21,23)(H,22,24)(H,25,26,27)(H,28,29,30);;. The Morgan fingerprint density at radius 1 is 0.529 bits per heavy atom. The van der Waals surface area contributed by atoms with Crippen LogP contribution < -0.4 is 10.6 Å². The molecular formula is C20H16N2Na2O8S2. The van der Waals surface area contributed by atoms with E-state index < -0.39 is 32.1 Å². The molecule has 0 heterocycles. The van der Waals surface area contributed by atoms with Crippen LogP contribution in [0, 0.1) is 0 Å². The van der Waals surface area contributed by atoms with Crippen LogP contribution in [0.5, 0.6) is 0 Å². The average molecular weight is 522 g/mol. The molecule has 0 fully saturated rings. The van der Waals surface area contributed by atoms with Crippen molar-refractivity contribution in [2.75, 3.05) is 10.6 Å². The first-order chi connectivity index (χ1) is 14.9. The van der Waals surface area contributed by atoms with Crippen molar-refractivity contribution in [2.45, 2.75) is 9.79 Å². The van der Waals surface area contributed by atoms with E-state index in [4.69, 9.17) is 9.11 Å². The van der Waals surface area contributed by atoms with Crippen molar-refractivity contribution >= 4 is 103 Å². The molecule has 3 aromatic rings. The number of anilines is 2. The zero-order valence-electron chi connectivity index (χ0n) is 18.1. The van der Waals surface area contributed by atoms with Crippen LogP contribution in [-0.2, 0) is 20.2 Å². The molecule has 0 aliphatic carbocycles. The van der Waals surface area contributed by atoms with E-state index in [-0.39, 0.29) is 80.0 Å². The molecular weight excluding hydrogens is 506 g/mol. The molecule has 168 valence electrons. The number of benzene rings is 3.